The molecule has 0 atom stereocenters. The molecule has 1 amide bonds. The number of nitrogens with two attached hydrogens (primary N) is 1. The first-order valence-electron chi connectivity index (χ1n) is 10.3. The number of hydrogen-bond acceptors (Lipinski definition) is 1. The molecule has 4 aromatic rings. The van der Waals surface area contributed by atoms with Crippen LogP contribution in [0.5, 0.6) is 0 Å². The van der Waals surface area contributed by atoms with E-state index < -0.39 is 17.6 Å². The first-order valence-corrected chi connectivity index (χ1v) is 10.3. The van der Waals surface area contributed by atoms with E-state index in [1.165, 1.54) is 12.1 Å². The molecule has 4 rings (SSSR count). The van der Waals surface area contributed by atoms with Crippen LogP contribution in [0.2, 0.25) is 0 Å². The second kappa shape index (κ2) is 8.10. The number of hydrogen-bond donors (Lipinski definition) is 1. The van der Waals surface area contributed by atoms with E-state index in [0.29, 0.717) is 11.1 Å². The summed E-state index contributed by atoms with van der Waals surface area (Å²) in [6.07, 6.45) is -1.37. The molecule has 1 heterocycles. The average molecular weight is 424 g/mol. The predicted octanol–water partition coefficient (Wildman–Crippen LogP) is 6.30. The SMILES string of the molecule is CCCCc1ccc2c3c(C(N)=O)cccc3n(Cc3cccc(C(F)(F)F)c3)c2c1. The lowest BCUT2D eigenvalue weighted by Gasteiger charge is -2.12. The van der Waals surface area contributed by atoms with Crippen LogP contribution >= 0.6 is 0 Å². The Hall–Kier alpha value is -3.28. The highest BCUT2D eigenvalue weighted by atomic mass is 19.4. The zero-order chi connectivity index (χ0) is 22.2. The number of amides is 1. The number of alkyl halides is 3. The van der Waals surface area contributed by atoms with E-state index in [2.05, 4.69) is 13.0 Å². The molecule has 0 saturated carbocycles. The lowest BCUT2D eigenvalue weighted by atomic mass is 10.0. The minimum atomic E-state index is -4.40. The van der Waals surface area contributed by atoms with Gasteiger partial charge in [0.2, 0.25) is 5.91 Å². The molecule has 0 aliphatic carbocycles. The Morgan fingerprint density at radius 3 is 2.45 bits per heavy atom. The number of halogens is 3. The highest BCUT2D eigenvalue weighted by Gasteiger charge is 2.30. The van der Waals surface area contributed by atoms with E-state index in [1.807, 2.05) is 22.8 Å². The molecule has 31 heavy (non-hydrogen) atoms. The largest absolute Gasteiger partial charge is 0.416 e. The summed E-state index contributed by atoms with van der Waals surface area (Å²) in [5.74, 6) is -0.529. The third kappa shape index (κ3) is 4.02. The fourth-order valence-corrected chi connectivity index (χ4v) is 4.13. The van der Waals surface area contributed by atoms with Crippen molar-refractivity contribution in [1.82, 2.24) is 4.57 Å². The smallest absolute Gasteiger partial charge is 0.366 e. The Morgan fingerprint density at radius 1 is 0.968 bits per heavy atom. The molecule has 3 aromatic carbocycles. The van der Waals surface area contributed by atoms with Gasteiger partial charge < -0.3 is 10.3 Å². The fraction of sp³-hybridized carbons (Fsp3) is 0.240. The summed E-state index contributed by atoms with van der Waals surface area (Å²) in [5.41, 5.74) is 8.71. The van der Waals surface area contributed by atoms with Gasteiger partial charge in [0, 0.05) is 28.4 Å². The number of nitrogens with zero attached hydrogens (tertiary/aromatic N) is 1. The van der Waals surface area contributed by atoms with E-state index in [0.717, 1.165) is 52.7 Å². The van der Waals surface area contributed by atoms with Crippen LogP contribution in [0.25, 0.3) is 21.8 Å². The van der Waals surface area contributed by atoms with Gasteiger partial charge in [-0.2, -0.15) is 13.2 Å². The number of carbonyl (C=O) groups is 1. The minimum absolute atomic E-state index is 0.253. The van der Waals surface area contributed by atoms with Crippen LogP contribution in [0, 0.1) is 0 Å². The highest BCUT2D eigenvalue weighted by molar-refractivity contribution is 6.18. The minimum Gasteiger partial charge on any atom is -0.366 e. The standard InChI is InChI=1S/C25H23F3N2O/c1-2-3-6-16-11-12-19-22(14-16)30(21-10-5-9-20(23(19)21)24(29)31)15-17-7-4-8-18(13-17)25(26,27)28/h4-5,7-14H,2-3,6,15H2,1H3,(H2,29,31). The van der Waals surface area contributed by atoms with Crippen molar-refractivity contribution in [3.05, 3.63) is 82.9 Å². The molecular formula is C25H23F3N2O. The third-order valence-corrected chi connectivity index (χ3v) is 5.63. The van der Waals surface area contributed by atoms with Gasteiger partial charge in [-0.1, -0.05) is 43.7 Å². The molecule has 0 radical (unpaired) electrons. The zero-order valence-corrected chi connectivity index (χ0v) is 17.2. The number of rotatable bonds is 6. The molecule has 6 heteroatoms. The van der Waals surface area contributed by atoms with Crippen LogP contribution in [-0.2, 0) is 19.1 Å². The van der Waals surface area contributed by atoms with Gasteiger partial charge in [0.25, 0.3) is 0 Å². The van der Waals surface area contributed by atoms with E-state index in [9.17, 15) is 18.0 Å². The van der Waals surface area contributed by atoms with Crippen molar-refractivity contribution >= 4 is 27.7 Å². The summed E-state index contributed by atoms with van der Waals surface area (Å²) in [6, 6.07) is 16.8. The number of primary amides is 1. The Balaban J connectivity index is 1.93. The molecule has 0 saturated heterocycles. The molecule has 160 valence electrons. The summed E-state index contributed by atoms with van der Waals surface area (Å²) in [4.78, 5) is 12.1. The number of aryl methyl sites for hydroxylation is 1. The summed E-state index contributed by atoms with van der Waals surface area (Å²) < 4.78 is 41.6. The first kappa shape index (κ1) is 21.0. The van der Waals surface area contributed by atoms with Gasteiger partial charge in [0.15, 0.2) is 0 Å². The Kier molecular flexibility index (Phi) is 5.48. The van der Waals surface area contributed by atoms with Crippen molar-refractivity contribution in [2.75, 3.05) is 0 Å². The van der Waals surface area contributed by atoms with Crippen LogP contribution in [0.3, 0.4) is 0 Å². The maximum absolute atomic E-state index is 13.2. The van der Waals surface area contributed by atoms with E-state index in [-0.39, 0.29) is 6.54 Å². The van der Waals surface area contributed by atoms with Gasteiger partial charge in [0.1, 0.15) is 0 Å². The normalized spacial score (nSPS) is 12.0. The number of benzene rings is 3. The fourth-order valence-electron chi connectivity index (χ4n) is 4.13. The predicted molar refractivity (Wildman–Crippen MR) is 117 cm³/mol. The molecule has 0 aliphatic heterocycles. The molecule has 2 N–H and O–H groups in total. The summed E-state index contributed by atoms with van der Waals surface area (Å²) >= 11 is 0. The van der Waals surface area contributed by atoms with Crippen LogP contribution in [0.4, 0.5) is 13.2 Å². The average Bonchev–Trinajstić information content (AvgIpc) is 3.05. The number of unbranched alkanes of at least 4 members (excludes halogenated alkanes) is 1. The van der Waals surface area contributed by atoms with Gasteiger partial charge in [-0.3, -0.25) is 4.79 Å². The molecule has 3 nitrogen and oxygen atoms in total. The van der Waals surface area contributed by atoms with E-state index in [4.69, 9.17) is 5.73 Å². The molecule has 0 spiro atoms. The van der Waals surface area contributed by atoms with Crippen molar-refractivity contribution in [1.29, 1.82) is 0 Å². The van der Waals surface area contributed by atoms with E-state index >= 15 is 0 Å². The maximum Gasteiger partial charge on any atom is 0.416 e. The van der Waals surface area contributed by atoms with Crippen molar-refractivity contribution in [3.8, 4) is 0 Å². The van der Waals surface area contributed by atoms with Crippen molar-refractivity contribution < 1.29 is 18.0 Å². The van der Waals surface area contributed by atoms with E-state index in [1.54, 1.807) is 18.2 Å². The quantitative estimate of drug-likeness (QED) is 0.388. The second-order valence-electron chi connectivity index (χ2n) is 7.80. The zero-order valence-electron chi connectivity index (χ0n) is 17.2. The third-order valence-electron chi connectivity index (χ3n) is 5.63. The molecular weight excluding hydrogens is 401 g/mol. The number of carbonyl (C=O) groups excluding carboxylic acids is 1. The first-order chi connectivity index (χ1) is 14.8. The molecule has 0 fully saturated rings. The summed E-state index contributed by atoms with van der Waals surface area (Å²) in [7, 11) is 0. The van der Waals surface area contributed by atoms with Crippen LogP contribution in [-0.4, -0.2) is 10.5 Å². The van der Waals surface area contributed by atoms with Crippen LogP contribution in [0.1, 0.15) is 46.8 Å². The summed E-state index contributed by atoms with van der Waals surface area (Å²) in [5, 5.41) is 1.61. The van der Waals surface area contributed by atoms with Gasteiger partial charge in [-0.05, 0) is 54.3 Å². The lowest BCUT2D eigenvalue weighted by molar-refractivity contribution is -0.137. The number of fused-ring (bicyclic) bond motifs is 3. The topological polar surface area (TPSA) is 48.0 Å². The van der Waals surface area contributed by atoms with Gasteiger partial charge in [0.05, 0.1) is 11.1 Å². The molecule has 0 unspecified atom stereocenters. The highest BCUT2D eigenvalue weighted by Crippen LogP contribution is 2.34. The van der Waals surface area contributed by atoms with Crippen LogP contribution in [0.15, 0.2) is 60.7 Å². The second-order valence-corrected chi connectivity index (χ2v) is 7.80. The Bertz CT molecular complexity index is 1270. The Labute approximate surface area is 178 Å². The Morgan fingerprint density at radius 2 is 1.74 bits per heavy atom. The van der Waals surface area contributed by atoms with Crippen molar-refractivity contribution in [3.63, 3.8) is 0 Å². The number of aromatic nitrogens is 1. The monoisotopic (exact) mass is 424 g/mol. The maximum atomic E-state index is 13.2. The summed E-state index contributed by atoms with van der Waals surface area (Å²) in [6.45, 7) is 2.38. The van der Waals surface area contributed by atoms with Crippen molar-refractivity contribution in [2.45, 2.75) is 38.9 Å². The molecule has 0 bridgehead atoms. The van der Waals surface area contributed by atoms with Gasteiger partial charge in [-0.25, -0.2) is 0 Å². The van der Waals surface area contributed by atoms with Gasteiger partial charge >= 0.3 is 6.18 Å². The van der Waals surface area contributed by atoms with Crippen molar-refractivity contribution in [2.24, 2.45) is 5.73 Å². The lowest BCUT2D eigenvalue weighted by Crippen LogP contribution is -2.11. The van der Waals surface area contributed by atoms with Gasteiger partial charge in [-0.15, -0.1) is 0 Å². The molecule has 1 aromatic heterocycles. The molecule has 0 aliphatic rings. The van der Waals surface area contributed by atoms with Crippen LogP contribution < -0.4 is 5.73 Å².